The van der Waals surface area contributed by atoms with E-state index in [0.717, 1.165) is 11.1 Å². The van der Waals surface area contributed by atoms with Gasteiger partial charge in [-0.3, -0.25) is 4.79 Å². The summed E-state index contributed by atoms with van der Waals surface area (Å²) in [5.74, 6) is 0.00773. The van der Waals surface area contributed by atoms with Gasteiger partial charge in [0.1, 0.15) is 11.6 Å². The smallest absolute Gasteiger partial charge is 0.252 e. The van der Waals surface area contributed by atoms with Crippen molar-refractivity contribution in [1.82, 2.24) is 5.32 Å². The average Bonchev–Trinajstić information content (AvgIpc) is 2.67. The Bertz CT molecular complexity index is 878. The molecule has 3 rings (SSSR count). The second-order valence-corrected chi connectivity index (χ2v) is 5.68. The minimum Gasteiger partial charge on any atom is -0.619 e. The largest absolute Gasteiger partial charge is 0.619 e. The molecule has 6 heteroatoms. The minimum atomic E-state index is -0.478. The van der Waals surface area contributed by atoms with Gasteiger partial charge >= 0.3 is 0 Å². The van der Waals surface area contributed by atoms with Crippen LogP contribution in [0.3, 0.4) is 0 Å². The predicted octanol–water partition coefficient (Wildman–Crippen LogP) is 2.99. The number of methoxy groups -OCH3 is 1. The number of hydrogen-bond donors (Lipinski definition) is 1. The van der Waals surface area contributed by atoms with Gasteiger partial charge in [-0.25, -0.2) is 4.39 Å². The van der Waals surface area contributed by atoms with Crippen LogP contribution in [0.4, 0.5) is 4.39 Å². The van der Waals surface area contributed by atoms with E-state index in [9.17, 15) is 14.4 Å². The molecule has 1 aromatic heterocycles. The molecule has 0 saturated carbocycles. The van der Waals surface area contributed by atoms with E-state index in [0.29, 0.717) is 16.0 Å². The highest BCUT2D eigenvalue weighted by Gasteiger charge is 2.18. The van der Waals surface area contributed by atoms with Crippen LogP contribution >= 0.6 is 0 Å². The van der Waals surface area contributed by atoms with Crippen LogP contribution in [-0.2, 0) is 0 Å². The zero-order chi connectivity index (χ0) is 18.5. The third-order valence-electron chi connectivity index (χ3n) is 3.99. The second kappa shape index (κ2) is 7.65. The van der Waals surface area contributed by atoms with Crippen molar-refractivity contribution in [2.45, 2.75) is 6.04 Å². The van der Waals surface area contributed by atoms with Crippen molar-refractivity contribution in [3.8, 4) is 5.75 Å². The van der Waals surface area contributed by atoms with E-state index in [1.165, 1.54) is 36.7 Å². The van der Waals surface area contributed by atoms with Gasteiger partial charge in [-0.05, 0) is 35.4 Å². The Kier molecular flexibility index (Phi) is 5.12. The highest BCUT2D eigenvalue weighted by Crippen LogP contribution is 2.25. The number of hydrogen-bond acceptors (Lipinski definition) is 3. The van der Waals surface area contributed by atoms with Crippen LogP contribution in [0, 0.1) is 11.0 Å². The van der Waals surface area contributed by atoms with Crippen molar-refractivity contribution in [3.05, 3.63) is 101 Å². The molecule has 0 bridgehead atoms. The number of carbonyl (C=O) groups is 1. The summed E-state index contributed by atoms with van der Waals surface area (Å²) in [6.45, 7) is 0. The summed E-state index contributed by atoms with van der Waals surface area (Å²) in [4.78, 5) is 12.6. The van der Waals surface area contributed by atoms with Crippen LogP contribution in [0.5, 0.6) is 5.75 Å². The van der Waals surface area contributed by atoms with Gasteiger partial charge in [-0.2, -0.15) is 4.73 Å². The van der Waals surface area contributed by atoms with Crippen LogP contribution in [0.2, 0.25) is 0 Å². The lowest BCUT2D eigenvalue weighted by Gasteiger charge is -2.20. The van der Waals surface area contributed by atoms with Gasteiger partial charge in [0.2, 0.25) is 0 Å². The van der Waals surface area contributed by atoms with Crippen LogP contribution < -0.4 is 14.8 Å². The van der Waals surface area contributed by atoms with E-state index in [1.807, 2.05) is 12.1 Å². The molecule has 5 nitrogen and oxygen atoms in total. The Hall–Kier alpha value is -3.41. The zero-order valence-electron chi connectivity index (χ0n) is 14.1. The first-order chi connectivity index (χ1) is 12.6. The van der Waals surface area contributed by atoms with Crippen molar-refractivity contribution in [2.75, 3.05) is 7.11 Å². The van der Waals surface area contributed by atoms with Crippen molar-refractivity contribution in [1.29, 1.82) is 0 Å². The zero-order valence-corrected chi connectivity index (χ0v) is 14.1. The SMILES string of the molecule is COc1ccc(C(NC(=O)c2cc[n+]([O-])cc2)c2ccc(F)cc2)cc1. The summed E-state index contributed by atoms with van der Waals surface area (Å²) < 4.78 is 19.1. The van der Waals surface area contributed by atoms with Crippen molar-refractivity contribution in [2.24, 2.45) is 0 Å². The monoisotopic (exact) mass is 352 g/mol. The summed E-state index contributed by atoms with van der Waals surface area (Å²) in [6, 6.07) is 15.6. The molecule has 0 fully saturated rings. The highest BCUT2D eigenvalue weighted by atomic mass is 19.1. The fourth-order valence-corrected chi connectivity index (χ4v) is 2.59. The third kappa shape index (κ3) is 3.97. The molecule has 2 aromatic carbocycles. The number of halogens is 1. The van der Waals surface area contributed by atoms with Crippen molar-refractivity contribution in [3.63, 3.8) is 0 Å². The first kappa shape index (κ1) is 17.4. The maximum atomic E-state index is 13.3. The molecule has 0 aliphatic carbocycles. The van der Waals surface area contributed by atoms with E-state index in [1.54, 1.807) is 31.4 Å². The molecule has 132 valence electrons. The van der Waals surface area contributed by atoms with Gasteiger partial charge in [0, 0.05) is 12.1 Å². The van der Waals surface area contributed by atoms with Gasteiger partial charge in [-0.1, -0.05) is 24.3 Å². The van der Waals surface area contributed by atoms with Crippen LogP contribution in [0.15, 0.2) is 73.1 Å². The standard InChI is InChI=1S/C20H17FN2O3/c1-26-18-8-4-15(5-9-18)19(14-2-6-17(21)7-3-14)22-20(24)16-10-12-23(25)13-11-16/h2-13,19H,1H3,(H,22,24). The molecule has 1 heterocycles. The molecule has 1 N–H and O–H groups in total. The summed E-state index contributed by atoms with van der Waals surface area (Å²) in [6.07, 6.45) is 2.52. The molecule has 26 heavy (non-hydrogen) atoms. The van der Waals surface area contributed by atoms with Gasteiger partial charge in [-0.15, -0.1) is 0 Å². The lowest BCUT2D eigenvalue weighted by molar-refractivity contribution is -0.605. The van der Waals surface area contributed by atoms with E-state index in [-0.39, 0.29) is 11.7 Å². The first-order valence-electron chi connectivity index (χ1n) is 7.96. The van der Waals surface area contributed by atoms with E-state index >= 15 is 0 Å². The van der Waals surface area contributed by atoms with Crippen molar-refractivity contribution < 1.29 is 18.7 Å². The third-order valence-corrected chi connectivity index (χ3v) is 3.99. The summed E-state index contributed by atoms with van der Waals surface area (Å²) >= 11 is 0. The van der Waals surface area contributed by atoms with Crippen molar-refractivity contribution >= 4 is 5.91 Å². The fourth-order valence-electron chi connectivity index (χ4n) is 2.59. The Morgan fingerprint density at radius 1 is 1.00 bits per heavy atom. The molecule has 1 amide bonds. The topological polar surface area (TPSA) is 65.3 Å². The number of ether oxygens (including phenoxy) is 1. The highest BCUT2D eigenvalue weighted by molar-refractivity contribution is 5.94. The second-order valence-electron chi connectivity index (χ2n) is 5.68. The van der Waals surface area contributed by atoms with E-state index < -0.39 is 6.04 Å². The predicted molar refractivity (Wildman–Crippen MR) is 94.1 cm³/mol. The lowest BCUT2D eigenvalue weighted by Crippen LogP contribution is -2.31. The number of nitrogens with one attached hydrogen (secondary N) is 1. The van der Waals surface area contributed by atoms with Crippen LogP contribution in [-0.4, -0.2) is 13.0 Å². The number of rotatable bonds is 5. The van der Waals surface area contributed by atoms with Gasteiger partial charge in [0.15, 0.2) is 12.4 Å². The minimum absolute atomic E-state index is 0.337. The maximum Gasteiger partial charge on any atom is 0.252 e. The van der Waals surface area contributed by atoms with Gasteiger partial charge in [0.05, 0.1) is 18.7 Å². The van der Waals surface area contributed by atoms with Crippen LogP contribution in [0.25, 0.3) is 0 Å². The molecular weight excluding hydrogens is 335 g/mol. The fraction of sp³-hybridized carbons (Fsp3) is 0.100. The summed E-state index contributed by atoms with van der Waals surface area (Å²) in [5, 5.41) is 14.1. The Labute approximate surface area is 150 Å². The normalized spacial score (nSPS) is 11.6. The van der Waals surface area contributed by atoms with E-state index in [2.05, 4.69) is 5.32 Å². The Morgan fingerprint density at radius 3 is 2.08 bits per heavy atom. The number of aromatic nitrogens is 1. The molecule has 0 spiro atoms. The molecule has 0 aliphatic heterocycles. The average molecular weight is 352 g/mol. The number of carbonyl (C=O) groups excluding carboxylic acids is 1. The van der Waals surface area contributed by atoms with Gasteiger partial charge < -0.3 is 15.3 Å². The first-order valence-corrected chi connectivity index (χ1v) is 7.96. The quantitative estimate of drug-likeness (QED) is 0.567. The number of amides is 1. The number of pyridine rings is 1. The molecule has 0 radical (unpaired) electrons. The van der Waals surface area contributed by atoms with E-state index in [4.69, 9.17) is 4.74 Å². The van der Waals surface area contributed by atoms with Gasteiger partial charge in [0.25, 0.3) is 5.91 Å². The number of benzene rings is 2. The summed E-state index contributed by atoms with van der Waals surface area (Å²) in [5.41, 5.74) is 1.91. The van der Waals surface area contributed by atoms with Crippen LogP contribution in [0.1, 0.15) is 27.5 Å². The molecule has 0 saturated heterocycles. The number of nitrogens with zero attached hydrogens (tertiary/aromatic N) is 1. The molecule has 3 aromatic rings. The Morgan fingerprint density at radius 2 is 1.54 bits per heavy atom. The molecule has 1 unspecified atom stereocenters. The summed E-state index contributed by atoms with van der Waals surface area (Å²) in [7, 11) is 1.58. The maximum absolute atomic E-state index is 13.3. The molecular formula is C20H17FN2O3. The Balaban J connectivity index is 1.92. The molecule has 1 atom stereocenters. The lowest BCUT2D eigenvalue weighted by atomic mass is 9.98. The molecule has 0 aliphatic rings.